The smallest absolute Gasteiger partial charge is 0.239 e. The molecule has 1 heterocycles. The maximum Gasteiger partial charge on any atom is 0.239 e. The van der Waals surface area contributed by atoms with E-state index in [2.05, 4.69) is 12.2 Å². The zero-order chi connectivity index (χ0) is 12.8. The van der Waals surface area contributed by atoms with Gasteiger partial charge >= 0.3 is 0 Å². The summed E-state index contributed by atoms with van der Waals surface area (Å²) in [7, 11) is 0. The van der Waals surface area contributed by atoms with Crippen LogP contribution in [-0.4, -0.2) is 49.2 Å². The van der Waals surface area contributed by atoms with Gasteiger partial charge in [-0.1, -0.05) is 0 Å². The molecule has 0 aliphatic carbocycles. The van der Waals surface area contributed by atoms with Crippen LogP contribution in [0.15, 0.2) is 0 Å². The maximum atomic E-state index is 12.0. The fraction of sp³-hybridized carbons (Fsp3) is 0.923. The van der Waals surface area contributed by atoms with E-state index in [4.69, 9.17) is 4.74 Å². The Morgan fingerprint density at radius 2 is 2.12 bits per heavy atom. The van der Waals surface area contributed by atoms with Gasteiger partial charge < -0.3 is 15.0 Å². The minimum absolute atomic E-state index is 0.0947. The predicted octanol–water partition coefficient (Wildman–Crippen LogP) is 1.26. The molecule has 0 saturated carbocycles. The van der Waals surface area contributed by atoms with Gasteiger partial charge in [-0.2, -0.15) is 0 Å². The van der Waals surface area contributed by atoms with E-state index >= 15 is 0 Å². The van der Waals surface area contributed by atoms with E-state index in [-0.39, 0.29) is 11.9 Å². The number of ether oxygens (including phenoxy) is 1. The first kappa shape index (κ1) is 14.5. The van der Waals surface area contributed by atoms with E-state index in [0.29, 0.717) is 12.0 Å². The molecule has 3 atom stereocenters. The van der Waals surface area contributed by atoms with Crippen molar-refractivity contribution in [3.63, 3.8) is 0 Å². The Bertz CT molecular complexity index is 242. The molecule has 0 aromatic carbocycles. The Hall–Kier alpha value is -0.610. The lowest BCUT2D eigenvalue weighted by molar-refractivity contribution is -0.132. The summed E-state index contributed by atoms with van der Waals surface area (Å²) >= 11 is 0. The SMILES string of the molecule is CCN(CC)C(=O)C(C)NCC1CCOC1C. The van der Waals surface area contributed by atoms with Crippen LogP contribution in [0.3, 0.4) is 0 Å². The zero-order valence-electron chi connectivity index (χ0n) is 11.5. The van der Waals surface area contributed by atoms with Gasteiger partial charge in [0, 0.05) is 26.2 Å². The van der Waals surface area contributed by atoms with E-state index in [1.165, 1.54) is 0 Å². The summed E-state index contributed by atoms with van der Waals surface area (Å²) in [5.74, 6) is 0.739. The number of amides is 1. The monoisotopic (exact) mass is 242 g/mol. The number of carbonyl (C=O) groups excluding carboxylic acids is 1. The molecule has 4 heteroatoms. The van der Waals surface area contributed by atoms with Crippen molar-refractivity contribution in [3.05, 3.63) is 0 Å². The molecule has 17 heavy (non-hydrogen) atoms. The van der Waals surface area contributed by atoms with Crippen LogP contribution < -0.4 is 5.32 Å². The standard InChI is InChI=1S/C13H26N2O2/c1-5-15(6-2)13(16)10(3)14-9-12-7-8-17-11(12)4/h10-12,14H,5-9H2,1-4H3. The molecule has 0 aromatic heterocycles. The van der Waals surface area contributed by atoms with Crippen molar-refractivity contribution in [1.29, 1.82) is 0 Å². The first-order chi connectivity index (χ1) is 8.10. The Balaban J connectivity index is 2.33. The fourth-order valence-electron chi connectivity index (χ4n) is 2.27. The van der Waals surface area contributed by atoms with Crippen molar-refractivity contribution in [2.24, 2.45) is 5.92 Å². The second-order valence-electron chi connectivity index (χ2n) is 4.77. The van der Waals surface area contributed by atoms with Gasteiger partial charge in [-0.05, 0) is 40.0 Å². The lowest BCUT2D eigenvalue weighted by atomic mass is 10.0. The van der Waals surface area contributed by atoms with Crippen molar-refractivity contribution < 1.29 is 9.53 Å². The Morgan fingerprint density at radius 1 is 1.47 bits per heavy atom. The molecule has 3 unspecified atom stereocenters. The minimum atomic E-state index is -0.0947. The van der Waals surface area contributed by atoms with E-state index in [1.807, 2.05) is 25.7 Å². The number of nitrogens with one attached hydrogen (secondary N) is 1. The average Bonchev–Trinajstić information content (AvgIpc) is 2.73. The Kier molecular flexibility index (Phi) is 5.92. The molecule has 1 saturated heterocycles. The summed E-state index contributed by atoms with van der Waals surface area (Å²) in [6.45, 7) is 11.4. The van der Waals surface area contributed by atoms with Gasteiger partial charge in [0.2, 0.25) is 5.91 Å². The molecule has 1 rings (SSSR count). The summed E-state index contributed by atoms with van der Waals surface area (Å²) in [6.07, 6.45) is 1.42. The highest BCUT2D eigenvalue weighted by molar-refractivity contribution is 5.81. The highest BCUT2D eigenvalue weighted by atomic mass is 16.5. The molecule has 0 radical (unpaired) electrons. The minimum Gasteiger partial charge on any atom is -0.378 e. The third-order valence-electron chi connectivity index (χ3n) is 3.67. The van der Waals surface area contributed by atoms with E-state index in [1.54, 1.807) is 0 Å². The maximum absolute atomic E-state index is 12.0. The second-order valence-corrected chi connectivity index (χ2v) is 4.77. The number of carbonyl (C=O) groups is 1. The van der Waals surface area contributed by atoms with E-state index in [0.717, 1.165) is 32.7 Å². The van der Waals surface area contributed by atoms with Crippen molar-refractivity contribution in [1.82, 2.24) is 10.2 Å². The topological polar surface area (TPSA) is 41.6 Å². The lowest BCUT2D eigenvalue weighted by Crippen LogP contribution is -2.46. The number of hydrogen-bond acceptors (Lipinski definition) is 3. The molecular formula is C13H26N2O2. The fourth-order valence-corrected chi connectivity index (χ4v) is 2.27. The van der Waals surface area contributed by atoms with Crippen LogP contribution in [-0.2, 0) is 9.53 Å². The van der Waals surface area contributed by atoms with Crippen LogP contribution in [0.1, 0.15) is 34.1 Å². The largest absolute Gasteiger partial charge is 0.378 e. The quantitative estimate of drug-likeness (QED) is 0.762. The Labute approximate surface area is 105 Å². The number of likely N-dealkylation sites (N-methyl/N-ethyl adjacent to an activating group) is 1. The predicted molar refractivity (Wildman–Crippen MR) is 68.9 cm³/mol. The van der Waals surface area contributed by atoms with Crippen molar-refractivity contribution >= 4 is 5.91 Å². The Morgan fingerprint density at radius 3 is 2.59 bits per heavy atom. The summed E-state index contributed by atoms with van der Waals surface area (Å²) in [5, 5.41) is 3.33. The third kappa shape index (κ3) is 3.96. The van der Waals surface area contributed by atoms with Gasteiger partial charge in [0.1, 0.15) is 0 Å². The van der Waals surface area contributed by atoms with Gasteiger partial charge in [0.15, 0.2) is 0 Å². The summed E-state index contributed by atoms with van der Waals surface area (Å²) < 4.78 is 5.51. The second kappa shape index (κ2) is 6.97. The van der Waals surface area contributed by atoms with Crippen LogP contribution in [0, 0.1) is 5.92 Å². The molecular weight excluding hydrogens is 216 g/mol. The summed E-state index contributed by atoms with van der Waals surface area (Å²) in [4.78, 5) is 13.9. The molecule has 1 aliphatic rings. The zero-order valence-corrected chi connectivity index (χ0v) is 11.5. The molecule has 1 N–H and O–H groups in total. The van der Waals surface area contributed by atoms with E-state index in [9.17, 15) is 4.79 Å². The average molecular weight is 242 g/mol. The van der Waals surface area contributed by atoms with Crippen molar-refractivity contribution in [2.75, 3.05) is 26.2 Å². The molecule has 1 amide bonds. The first-order valence-electron chi connectivity index (χ1n) is 6.73. The van der Waals surface area contributed by atoms with Gasteiger partial charge in [0.05, 0.1) is 12.1 Å². The molecule has 1 aliphatic heterocycles. The molecule has 0 spiro atoms. The molecule has 0 bridgehead atoms. The van der Waals surface area contributed by atoms with Crippen LogP contribution in [0.4, 0.5) is 0 Å². The molecule has 0 aromatic rings. The number of rotatable bonds is 6. The van der Waals surface area contributed by atoms with Crippen LogP contribution in [0.2, 0.25) is 0 Å². The number of nitrogens with zero attached hydrogens (tertiary/aromatic N) is 1. The van der Waals surface area contributed by atoms with Crippen molar-refractivity contribution in [3.8, 4) is 0 Å². The van der Waals surface area contributed by atoms with Gasteiger partial charge in [-0.25, -0.2) is 0 Å². The highest BCUT2D eigenvalue weighted by Gasteiger charge is 2.25. The van der Waals surface area contributed by atoms with Gasteiger partial charge in [-0.15, -0.1) is 0 Å². The van der Waals surface area contributed by atoms with Gasteiger partial charge in [0.25, 0.3) is 0 Å². The number of hydrogen-bond donors (Lipinski definition) is 1. The lowest BCUT2D eigenvalue weighted by Gasteiger charge is -2.25. The summed E-state index contributed by atoms with van der Waals surface area (Å²) in [5.41, 5.74) is 0. The van der Waals surface area contributed by atoms with E-state index < -0.39 is 0 Å². The summed E-state index contributed by atoms with van der Waals surface area (Å²) in [6, 6.07) is -0.0947. The van der Waals surface area contributed by atoms with Crippen LogP contribution >= 0.6 is 0 Å². The van der Waals surface area contributed by atoms with Crippen LogP contribution in [0.25, 0.3) is 0 Å². The molecule has 1 fully saturated rings. The molecule has 4 nitrogen and oxygen atoms in total. The normalized spacial score (nSPS) is 25.9. The van der Waals surface area contributed by atoms with Crippen LogP contribution in [0.5, 0.6) is 0 Å². The molecule has 100 valence electrons. The first-order valence-corrected chi connectivity index (χ1v) is 6.73. The highest BCUT2D eigenvalue weighted by Crippen LogP contribution is 2.19. The van der Waals surface area contributed by atoms with Crippen molar-refractivity contribution in [2.45, 2.75) is 46.3 Å². The third-order valence-corrected chi connectivity index (χ3v) is 3.67. The van der Waals surface area contributed by atoms with Gasteiger partial charge in [-0.3, -0.25) is 4.79 Å².